The molecule has 4 nitrogen and oxygen atoms in total. The van der Waals surface area contributed by atoms with Crippen molar-refractivity contribution in [3.63, 3.8) is 0 Å². The lowest BCUT2D eigenvalue weighted by Gasteiger charge is -2.36. The molecule has 0 saturated carbocycles. The number of quaternary nitrogens is 1. The van der Waals surface area contributed by atoms with Crippen LogP contribution in [0.3, 0.4) is 0 Å². The molecule has 0 aromatic heterocycles. The summed E-state index contributed by atoms with van der Waals surface area (Å²) in [6, 6.07) is 25.6. The first-order chi connectivity index (χ1) is 13.7. The summed E-state index contributed by atoms with van der Waals surface area (Å²) >= 11 is 0. The van der Waals surface area contributed by atoms with Crippen LogP contribution in [-0.2, 0) is 4.79 Å². The number of para-hydroxylation sites is 1. The van der Waals surface area contributed by atoms with Gasteiger partial charge in [-0.05, 0) is 29.8 Å². The Bertz CT molecular complexity index is 927. The van der Waals surface area contributed by atoms with Crippen LogP contribution in [-0.4, -0.2) is 43.5 Å². The van der Waals surface area contributed by atoms with Crippen molar-refractivity contribution >= 4 is 22.4 Å². The van der Waals surface area contributed by atoms with Crippen molar-refractivity contribution in [3.8, 4) is 0 Å². The van der Waals surface area contributed by atoms with E-state index in [0.717, 1.165) is 26.2 Å². The molecule has 3 aromatic carbocycles. The zero-order valence-corrected chi connectivity index (χ0v) is 16.4. The predicted octanol–water partition coefficient (Wildman–Crippen LogP) is 2.81. The lowest BCUT2D eigenvalue weighted by atomic mass is 10.00. The highest BCUT2D eigenvalue weighted by Crippen LogP contribution is 2.22. The number of hydrogen-bond donors (Lipinski definition) is 1. The van der Waals surface area contributed by atoms with E-state index in [1.807, 2.05) is 11.0 Å². The summed E-state index contributed by atoms with van der Waals surface area (Å²) in [7, 11) is 0. The predicted molar refractivity (Wildman–Crippen MR) is 114 cm³/mol. The number of nitrogens with zero attached hydrogens (tertiary/aromatic N) is 2. The normalized spacial score (nSPS) is 15.6. The molecule has 1 aliphatic heterocycles. The highest BCUT2D eigenvalue weighted by atomic mass is 16.2. The first kappa shape index (κ1) is 18.5. The molecule has 4 rings (SSSR count). The van der Waals surface area contributed by atoms with E-state index in [0.29, 0.717) is 6.54 Å². The van der Waals surface area contributed by atoms with Gasteiger partial charge in [0.05, 0.1) is 0 Å². The molecule has 28 heavy (non-hydrogen) atoms. The second-order valence-electron chi connectivity index (χ2n) is 7.50. The number of nitrogens with two attached hydrogens (primary N) is 1. The van der Waals surface area contributed by atoms with Gasteiger partial charge in [0.1, 0.15) is 6.04 Å². The highest BCUT2D eigenvalue weighted by Gasteiger charge is 2.23. The number of carbonyl (C=O) groups is 1. The minimum Gasteiger partial charge on any atom is -0.368 e. The van der Waals surface area contributed by atoms with E-state index < -0.39 is 0 Å². The fourth-order valence-electron chi connectivity index (χ4n) is 4.03. The number of carbonyl (C=O) groups excluding carboxylic acids is 1. The lowest BCUT2D eigenvalue weighted by Crippen LogP contribution is -2.87. The average Bonchev–Trinajstić information content (AvgIpc) is 2.77. The van der Waals surface area contributed by atoms with E-state index in [4.69, 9.17) is 0 Å². The molecule has 0 bridgehead atoms. The van der Waals surface area contributed by atoms with Crippen molar-refractivity contribution in [1.29, 1.82) is 0 Å². The first-order valence-corrected chi connectivity index (χ1v) is 10.1. The number of anilines is 1. The van der Waals surface area contributed by atoms with Gasteiger partial charge in [-0.3, -0.25) is 4.79 Å². The van der Waals surface area contributed by atoms with Crippen LogP contribution >= 0.6 is 0 Å². The van der Waals surface area contributed by atoms with Gasteiger partial charge < -0.3 is 15.1 Å². The van der Waals surface area contributed by atoms with Gasteiger partial charge in [-0.1, -0.05) is 60.7 Å². The number of benzene rings is 3. The zero-order valence-electron chi connectivity index (χ0n) is 16.4. The molecular formula is C24H28N3O+. The maximum atomic E-state index is 12.7. The maximum Gasteiger partial charge on any atom is 0.277 e. The first-order valence-electron chi connectivity index (χ1n) is 10.1. The topological polar surface area (TPSA) is 40.2 Å². The van der Waals surface area contributed by atoms with Gasteiger partial charge in [0, 0.05) is 37.4 Å². The SMILES string of the molecule is C[C@@H]([NH2+]CC(=O)N1CCN(c2ccccc2)CC1)c1cccc2ccccc12. The Hall–Kier alpha value is -2.85. The molecule has 4 heteroatoms. The molecule has 1 heterocycles. The van der Waals surface area contributed by atoms with Crippen LogP contribution in [0.25, 0.3) is 10.8 Å². The Morgan fingerprint density at radius 3 is 2.36 bits per heavy atom. The van der Waals surface area contributed by atoms with Gasteiger partial charge in [-0.2, -0.15) is 0 Å². The van der Waals surface area contributed by atoms with E-state index >= 15 is 0 Å². The highest BCUT2D eigenvalue weighted by molar-refractivity contribution is 5.86. The van der Waals surface area contributed by atoms with Gasteiger partial charge in [0.2, 0.25) is 0 Å². The van der Waals surface area contributed by atoms with Crippen LogP contribution in [0.2, 0.25) is 0 Å². The molecule has 0 spiro atoms. The number of hydrogen-bond acceptors (Lipinski definition) is 2. The molecule has 1 fully saturated rings. The van der Waals surface area contributed by atoms with E-state index in [2.05, 4.69) is 83.9 Å². The smallest absolute Gasteiger partial charge is 0.277 e. The van der Waals surface area contributed by atoms with Crippen molar-refractivity contribution in [2.45, 2.75) is 13.0 Å². The number of fused-ring (bicyclic) bond motifs is 1. The summed E-state index contributed by atoms with van der Waals surface area (Å²) < 4.78 is 0. The minimum atomic E-state index is 0.236. The van der Waals surface area contributed by atoms with Gasteiger partial charge >= 0.3 is 0 Å². The standard InChI is InChI=1S/C24H27N3O/c1-19(22-13-7-9-20-8-5-6-12-23(20)22)25-18-24(28)27-16-14-26(15-17-27)21-10-3-2-4-11-21/h2-13,19,25H,14-18H2,1H3/p+1/t19-/m1/s1. The third-order valence-corrected chi connectivity index (χ3v) is 5.71. The Morgan fingerprint density at radius 2 is 1.57 bits per heavy atom. The van der Waals surface area contributed by atoms with Crippen molar-refractivity contribution < 1.29 is 10.1 Å². The van der Waals surface area contributed by atoms with Gasteiger partial charge in [0.15, 0.2) is 6.54 Å². The van der Waals surface area contributed by atoms with E-state index in [-0.39, 0.29) is 11.9 Å². The van der Waals surface area contributed by atoms with Crippen LogP contribution in [0.5, 0.6) is 0 Å². The second-order valence-corrected chi connectivity index (χ2v) is 7.50. The molecule has 2 N–H and O–H groups in total. The maximum absolute atomic E-state index is 12.7. The van der Waals surface area contributed by atoms with E-state index in [1.54, 1.807) is 0 Å². The fraction of sp³-hybridized carbons (Fsp3) is 0.292. The molecule has 1 aliphatic rings. The number of amides is 1. The zero-order chi connectivity index (χ0) is 19.3. The van der Waals surface area contributed by atoms with Crippen LogP contribution in [0.1, 0.15) is 18.5 Å². The van der Waals surface area contributed by atoms with Gasteiger partial charge in [0.25, 0.3) is 5.91 Å². The summed E-state index contributed by atoms with van der Waals surface area (Å²) in [6.07, 6.45) is 0. The average molecular weight is 375 g/mol. The van der Waals surface area contributed by atoms with E-state index in [9.17, 15) is 4.79 Å². The molecule has 1 amide bonds. The molecular weight excluding hydrogens is 346 g/mol. The number of rotatable bonds is 5. The summed E-state index contributed by atoms with van der Waals surface area (Å²) in [4.78, 5) is 17.1. The second kappa shape index (κ2) is 8.44. The Labute approximate surface area is 166 Å². The summed E-state index contributed by atoms with van der Waals surface area (Å²) in [5, 5.41) is 4.69. The molecule has 1 atom stereocenters. The van der Waals surface area contributed by atoms with Crippen molar-refractivity contribution in [2.24, 2.45) is 0 Å². The third-order valence-electron chi connectivity index (χ3n) is 5.71. The van der Waals surface area contributed by atoms with Crippen LogP contribution in [0, 0.1) is 0 Å². The van der Waals surface area contributed by atoms with Crippen molar-refractivity contribution in [2.75, 3.05) is 37.6 Å². The Kier molecular flexibility index (Phi) is 5.58. The molecule has 144 valence electrons. The monoisotopic (exact) mass is 374 g/mol. The summed E-state index contributed by atoms with van der Waals surface area (Å²) in [6.45, 7) is 6.07. The van der Waals surface area contributed by atoms with Crippen LogP contribution < -0.4 is 10.2 Å². The Morgan fingerprint density at radius 1 is 0.893 bits per heavy atom. The van der Waals surface area contributed by atoms with Gasteiger partial charge in [-0.25, -0.2) is 0 Å². The molecule has 0 aliphatic carbocycles. The third kappa shape index (κ3) is 4.02. The molecule has 3 aromatic rings. The quantitative estimate of drug-likeness (QED) is 0.746. The fourth-order valence-corrected chi connectivity index (χ4v) is 4.03. The Balaban J connectivity index is 1.32. The summed E-state index contributed by atoms with van der Waals surface area (Å²) in [5.74, 6) is 0.236. The molecule has 1 saturated heterocycles. The van der Waals surface area contributed by atoms with Crippen molar-refractivity contribution in [1.82, 2.24) is 4.90 Å². The number of piperazine rings is 1. The minimum absolute atomic E-state index is 0.236. The van der Waals surface area contributed by atoms with Gasteiger partial charge in [-0.15, -0.1) is 0 Å². The molecule has 0 radical (unpaired) electrons. The largest absolute Gasteiger partial charge is 0.368 e. The van der Waals surface area contributed by atoms with Crippen LogP contribution in [0.4, 0.5) is 5.69 Å². The summed E-state index contributed by atoms with van der Waals surface area (Å²) in [5.41, 5.74) is 2.53. The molecule has 0 unspecified atom stereocenters. The van der Waals surface area contributed by atoms with Crippen molar-refractivity contribution in [3.05, 3.63) is 78.4 Å². The van der Waals surface area contributed by atoms with E-state index in [1.165, 1.54) is 22.0 Å². The lowest BCUT2D eigenvalue weighted by molar-refractivity contribution is -0.682. The van der Waals surface area contributed by atoms with Crippen LogP contribution in [0.15, 0.2) is 72.8 Å².